The molecule has 11 nitrogen and oxygen atoms in total. The fourth-order valence-electron chi connectivity index (χ4n) is 9.10. The second kappa shape index (κ2) is 16.0. The minimum absolute atomic E-state index is 0.0521. The van der Waals surface area contributed by atoms with Crippen LogP contribution in [0.3, 0.4) is 0 Å². The Hall–Kier alpha value is -7.79. The zero-order chi connectivity index (χ0) is 42.3. The van der Waals surface area contributed by atoms with Crippen molar-refractivity contribution in [3.8, 4) is 11.5 Å². The van der Waals surface area contributed by atoms with E-state index in [4.69, 9.17) is 19.7 Å². The molecular weight excluding hydrogens is 773 g/mol. The number of H-pyrrole nitrogens is 2. The number of fused-ring (bicyclic) bond motifs is 4. The van der Waals surface area contributed by atoms with Crippen molar-refractivity contribution in [2.24, 2.45) is 0 Å². The van der Waals surface area contributed by atoms with E-state index in [-0.39, 0.29) is 5.78 Å². The molecule has 0 amide bonds. The number of rotatable bonds is 14. The second-order valence-electron chi connectivity index (χ2n) is 15.8. The number of nitrogens with one attached hydrogen (secondary N) is 4. The number of methoxy groups -OCH3 is 2. The molecule has 10 aromatic rings. The van der Waals surface area contributed by atoms with Crippen LogP contribution < -0.4 is 20.1 Å². The maximum absolute atomic E-state index is 17.0. The van der Waals surface area contributed by atoms with Gasteiger partial charge in [-0.15, -0.1) is 0 Å². The number of benzene rings is 4. The number of para-hydroxylation sites is 6. The van der Waals surface area contributed by atoms with E-state index in [1.54, 1.807) is 14.2 Å². The standard InChI is InChI=1S/C51H46N8O3/c1-31-15-13-19-35-37(29-52-47(31)35)45(49(54-39-21-5-7-23-43(39)61-3)41-27-33-17-9-11-25-58(33)56-41)51(60)46(38-30-53-48-32(2)16-14-20-36(38)48)50(55-40-22-6-8-24-44(40)62-4)42-28-34-18-10-12-26-59(34)57-42/h5-30,45-46,49-50,52-55H,1-4H3. The first-order chi connectivity index (χ1) is 30.4. The van der Waals surface area contributed by atoms with E-state index in [1.165, 1.54) is 0 Å². The highest BCUT2D eigenvalue weighted by Gasteiger charge is 2.44. The molecule has 4 N–H and O–H groups in total. The van der Waals surface area contributed by atoms with Gasteiger partial charge in [0.25, 0.3) is 0 Å². The fourth-order valence-corrected chi connectivity index (χ4v) is 9.10. The van der Waals surface area contributed by atoms with Crippen LogP contribution in [0.5, 0.6) is 11.5 Å². The Bertz CT molecular complexity index is 2950. The predicted molar refractivity (Wildman–Crippen MR) is 246 cm³/mol. The first-order valence-electron chi connectivity index (χ1n) is 20.7. The molecular formula is C51H46N8O3. The summed E-state index contributed by atoms with van der Waals surface area (Å²) in [5.41, 5.74) is 10.4. The first-order valence-corrected chi connectivity index (χ1v) is 20.7. The quantitative estimate of drug-likeness (QED) is 0.0861. The molecule has 308 valence electrons. The first kappa shape index (κ1) is 38.4. The van der Waals surface area contributed by atoms with Gasteiger partial charge in [0, 0.05) is 46.6 Å². The van der Waals surface area contributed by atoms with E-state index in [9.17, 15) is 0 Å². The maximum Gasteiger partial charge on any atom is 0.152 e. The van der Waals surface area contributed by atoms with Crippen molar-refractivity contribution < 1.29 is 14.3 Å². The molecule has 11 heteroatoms. The van der Waals surface area contributed by atoms with Crippen LogP contribution in [0.1, 0.15) is 57.6 Å². The minimum Gasteiger partial charge on any atom is -0.495 e. The maximum atomic E-state index is 17.0. The number of ketones is 1. The Kier molecular flexibility index (Phi) is 9.91. The van der Waals surface area contributed by atoms with Gasteiger partial charge in [0.2, 0.25) is 0 Å². The van der Waals surface area contributed by atoms with E-state index >= 15 is 4.79 Å². The second-order valence-corrected chi connectivity index (χ2v) is 15.8. The number of hydrogen-bond acceptors (Lipinski definition) is 7. The number of pyridine rings is 2. The number of nitrogens with zero attached hydrogens (tertiary/aromatic N) is 4. The summed E-state index contributed by atoms with van der Waals surface area (Å²) in [6.45, 7) is 4.17. The lowest BCUT2D eigenvalue weighted by atomic mass is 9.74. The largest absolute Gasteiger partial charge is 0.495 e. The molecule has 0 bridgehead atoms. The molecule has 6 heterocycles. The Morgan fingerprint density at radius 1 is 0.565 bits per heavy atom. The lowest BCUT2D eigenvalue weighted by Crippen LogP contribution is -2.35. The van der Waals surface area contributed by atoms with Gasteiger partial charge in [0.05, 0.1) is 71.9 Å². The van der Waals surface area contributed by atoms with Crippen molar-refractivity contribution in [2.45, 2.75) is 37.8 Å². The zero-order valence-electron chi connectivity index (χ0n) is 34.8. The molecule has 0 spiro atoms. The van der Waals surface area contributed by atoms with Gasteiger partial charge in [-0.05, 0) is 96.8 Å². The summed E-state index contributed by atoms with van der Waals surface area (Å²) in [7, 11) is 3.31. The number of hydrogen-bond donors (Lipinski definition) is 4. The number of ether oxygens (including phenoxy) is 2. The van der Waals surface area contributed by atoms with Crippen LogP contribution in [-0.4, -0.2) is 49.2 Å². The number of aromatic nitrogens is 6. The van der Waals surface area contributed by atoms with Gasteiger partial charge < -0.3 is 30.1 Å². The summed E-state index contributed by atoms with van der Waals surface area (Å²) >= 11 is 0. The molecule has 4 atom stereocenters. The predicted octanol–water partition coefficient (Wildman–Crippen LogP) is 10.7. The Morgan fingerprint density at radius 2 is 1.00 bits per heavy atom. The lowest BCUT2D eigenvalue weighted by molar-refractivity contribution is -0.122. The average Bonchev–Trinajstić information content (AvgIpc) is 4.12. The molecule has 0 radical (unpaired) electrons. The van der Waals surface area contributed by atoms with Crippen LogP contribution in [-0.2, 0) is 4.79 Å². The van der Waals surface area contributed by atoms with Crippen LogP contribution in [0.2, 0.25) is 0 Å². The summed E-state index contributed by atoms with van der Waals surface area (Å²) in [6.07, 6.45) is 7.85. The molecule has 0 aliphatic heterocycles. The number of carbonyl (C=O) groups is 1. The van der Waals surface area contributed by atoms with Crippen molar-refractivity contribution in [1.29, 1.82) is 0 Å². The number of carbonyl (C=O) groups excluding carboxylic acids is 1. The Morgan fingerprint density at radius 3 is 1.44 bits per heavy atom. The summed E-state index contributed by atoms with van der Waals surface area (Å²) in [6, 6.07) is 42.7. The fraction of sp³-hybridized carbons (Fsp3) is 0.157. The number of aromatic amines is 2. The van der Waals surface area contributed by atoms with Crippen molar-refractivity contribution in [3.63, 3.8) is 0 Å². The van der Waals surface area contributed by atoms with Crippen molar-refractivity contribution in [3.05, 3.63) is 192 Å². The molecule has 6 aromatic heterocycles. The van der Waals surface area contributed by atoms with Gasteiger partial charge in [-0.1, -0.05) is 72.8 Å². The summed E-state index contributed by atoms with van der Waals surface area (Å²) in [4.78, 5) is 24.1. The molecule has 4 unspecified atom stereocenters. The van der Waals surface area contributed by atoms with E-state index in [2.05, 4.69) is 70.8 Å². The van der Waals surface area contributed by atoms with Gasteiger partial charge in [-0.3, -0.25) is 4.79 Å². The number of aryl methyl sites for hydroxylation is 2. The number of Topliss-reactive ketones (excluding diaryl/α,β-unsaturated/α-hetero) is 1. The van der Waals surface area contributed by atoms with Crippen LogP contribution in [0.15, 0.2) is 158 Å². The SMILES string of the molecule is COc1ccccc1NC(c1cc2ccccn2n1)C(C(=O)C(c1c[nH]c2c(C)cccc12)C(Nc1ccccc1OC)c1cc2ccccn2n1)c1c[nH]c2c(C)cccc12. The number of anilines is 2. The van der Waals surface area contributed by atoms with Crippen molar-refractivity contribution in [2.75, 3.05) is 24.9 Å². The van der Waals surface area contributed by atoms with E-state index < -0.39 is 23.9 Å². The monoisotopic (exact) mass is 818 g/mol. The smallest absolute Gasteiger partial charge is 0.152 e. The molecule has 0 saturated carbocycles. The molecule has 0 aliphatic rings. The van der Waals surface area contributed by atoms with Crippen molar-refractivity contribution >= 4 is 50.0 Å². The third-order valence-electron chi connectivity index (χ3n) is 12.1. The van der Waals surface area contributed by atoms with Gasteiger partial charge in [0.1, 0.15) is 11.5 Å². The highest BCUT2D eigenvalue weighted by molar-refractivity contribution is 6.02. The highest BCUT2D eigenvalue weighted by Crippen LogP contribution is 2.48. The summed E-state index contributed by atoms with van der Waals surface area (Å²) in [5, 5.41) is 19.9. The minimum atomic E-state index is -0.834. The summed E-state index contributed by atoms with van der Waals surface area (Å²) < 4.78 is 15.6. The Balaban J connectivity index is 1.27. The molecule has 4 aromatic carbocycles. The van der Waals surface area contributed by atoms with Crippen LogP contribution in [0.25, 0.3) is 32.8 Å². The highest BCUT2D eigenvalue weighted by atomic mass is 16.5. The molecule has 10 rings (SSSR count). The van der Waals surface area contributed by atoms with Crippen LogP contribution in [0, 0.1) is 13.8 Å². The van der Waals surface area contributed by atoms with Crippen molar-refractivity contribution in [1.82, 2.24) is 29.2 Å². The third-order valence-corrected chi connectivity index (χ3v) is 12.1. The molecule has 62 heavy (non-hydrogen) atoms. The molecule has 0 aliphatic carbocycles. The third kappa shape index (κ3) is 6.77. The van der Waals surface area contributed by atoms with Crippen LogP contribution >= 0.6 is 0 Å². The molecule has 0 fully saturated rings. The lowest BCUT2D eigenvalue weighted by Gasteiger charge is -2.34. The van der Waals surface area contributed by atoms with Gasteiger partial charge >= 0.3 is 0 Å². The zero-order valence-corrected chi connectivity index (χ0v) is 34.8. The van der Waals surface area contributed by atoms with E-state index in [0.717, 1.165) is 66.5 Å². The van der Waals surface area contributed by atoms with Gasteiger partial charge in [0.15, 0.2) is 5.78 Å². The average molecular weight is 819 g/mol. The molecule has 0 saturated heterocycles. The summed E-state index contributed by atoms with van der Waals surface area (Å²) in [5.74, 6) is -0.431. The van der Waals surface area contributed by atoms with Gasteiger partial charge in [-0.25, -0.2) is 9.03 Å². The van der Waals surface area contributed by atoms with Gasteiger partial charge in [-0.2, -0.15) is 10.2 Å². The topological polar surface area (TPSA) is 126 Å². The van der Waals surface area contributed by atoms with E-state index in [0.29, 0.717) is 22.9 Å². The normalized spacial score (nSPS) is 13.6. The Labute approximate surface area is 358 Å². The van der Waals surface area contributed by atoms with Crippen LogP contribution in [0.4, 0.5) is 11.4 Å². The van der Waals surface area contributed by atoms with E-state index in [1.807, 2.05) is 131 Å².